The first-order valence-corrected chi connectivity index (χ1v) is 24.5. The van der Waals surface area contributed by atoms with Crippen LogP contribution in [-0.2, 0) is 28.6 Å². The van der Waals surface area contributed by atoms with Crippen LogP contribution in [-0.4, -0.2) is 37.2 Å². The summed E-state index contributed by atoms with van der Waals surface area (Å²) in [4.78, 5) is 37.2. The highest BCUT2D eigenvalue weighted by Crippen LogP contribution is 2.70. The maximum Gasteiger partial charge on any atom is 0.306 e. The first kappa shape index (κ1) is 42.1. The molecule has 0 unspecified atom stereocenters. The second-order valence-electron chi connectivity index (χ2n) is 23.3. The Bertz CT molecular complexity index is 1490. The summed E-state index contributed by atoms with van der Waals surface area (Å²) in [6, 6.07) is 0. The fourth-order valence-electron chi connectivity index (χ4n) is 18.3. The van der Waals surface area contributed by atoms with Gasteiger partial charge >= 0.3 is 17.9 Å². The lowest BCUT2D eigenvalue weighted by Gasteiger charge is -2.61. The molecule has 57 heavy (non-hydrogen) atoms. The fraction of sp³-hybridized carbons (Fsp3) is 0.941. The summed E-state index contributed by atoms with van der Waals surface area (Å²) in [6.07, 6.45) is 26.0. The van der Waals surface area contributed by atoms with E-state index in [1.54, 1.807) is 6.92 Å². The monoisotopic (exact) mass is 791 g/mol. The van der Waals surface area contributed by atoms with Crippen LogP contribution in [0.3, 0.4) is 0 Å². The zero-order valence-corrected chi connectivity index (χ0v) is 37.6. The lowest BCUT2D eigenvalue weighted by Crippen LogP contribution is -2.54. The van der Waals surface area contributed by atoms with Crippen LogP contribution in [0.1, 0.15) is 190 Å². The van der Waals surface area contributed by atoms with Crippen molar-refractivity contribution in [1.82, 2.24) is 0 Å². The molecule has 8 saturated carbocycles. The summed E-state index contributed by atoms with van der Waals surface area (Å²) >= 11 is 0. The van der Waals surface area contributed by atoms with E-state index in [1.807, 2.05) is 0 Å². The molecule has 0 spiro atoms. The van der Waals surface area contributed by atoms with Crippen LogP contribution in [0.15, 0.2) is 0 Å². The molecule has 8 rings (SSSR count). The zero-order chi connectivity index (χ0) is 40.5. The van der Waals surface area contributed by atoms with E-state index in [1.165, 1.54) is 97.0 Å². The van der Waals surface area contributed by atoms with Crippen LogP contribution in [0, 0.1) is 92.7 Å². The van der Waals surface area contributed by atoms with Gasteiger partial charge in [-0.25, -0.2) is 0 Å². The SMILES string of the molecule is COC(=O)CC[C@@H](C)[C@H]1CC[C@H]2[C@@H]3CC[C@@H]4C[C@H](OC(=O)CC[C@@H](C)[C@H]5CC[C@H]6[C@@H]7CC[C@@H]8C[C@H](OC(C)=O)CC[C@]8(C)[C@H]7CC[C@]56C)CC[C@]4(C)[C@H]3CC[C@]12C. The lowest BCUT2D eigenvalue weighted by molar-refractivity contribution is -0.163. The first-order chi connectivity index (χ1) is 27.1. The van der Waals surface area contributed by atoms with E-state index in [2.05, 4.69) is 41.5 Å². The van der Waals surface area contributed by atoms with Crippen LogP contribution in [0.4, 0.5) is 0 Å². The maximum absolute atomic E-state index is 13.6. The average molecular weight is 791 g/mol. The molecule has 8 aliphatic rings. The lowest BCUT2D eigenvalue weighted by atomic mass is 9.44. The van der Waals surface area contributed by atoms with Gasteiger partial charge < -0.3 is 14.2 Å². The van der Waals surface area contributed by atoms with Gasteiger partial charge in [0.05, 0.1) is 7.11 Å². The third kappa shape index (κ3) is 7.37. The molecule has 6 nitrogen and oxygen atoms in total. The molecular weight excluding hydrogens is 709 g/mol. The summed E-state index contributed by atoms with van der Waals surface area (Å²) in [5.74, 6) is 8.77. The van der Waals surface area contributed by atoms with E-state index < -0.39 is 0 Å². The molecule has 8 fully saturated rings. The van der Waals surface area contributed by atoms with E-state index in [4.69, 9.17) is 14.2 Å². The summed E-state index contributed by atoms with van der Waals surface area (Å²) in [5.41, 5.74) is 1.58. The largest absolute Gasteiger partial charge is 0.469 e. The summed E-state index contributed by atoms with van der Waals surface area (Å²) in [5, 5.41) is 0. The van der Waals surface area contributed by atoms with Crippen molar-refractivity contribution in [1.29, 1.82) is 0 Å². The minimum absolute atomic E-state index is 0.0627. The molecule has 0 heterocycles. The Balaban J connectivity index is 0.812. The highest BCUT2D eigenvalue weighted by Gasteiger charge is 2.62. The van der Waals surface area contributed by atoms with Crippen LogP contribution < -0.4 is 0 Å². The van der Waals surface area contributed by atoms with Gasteiger partial charge in [0.25, 0.3) is 0 Å². The van der Waals surface area contributed by atoms with Gasteiger partial charge in [0, 0.05) is 19.8 Å². The standard InChI is InChI=1S/C51H82O6/c1-31(9-19-46(53)55-8)40-15-17-42-39-14-12-35-30-37(22-26-49(35,5)45(39)24-27-50(40,42)6)57-47(54)20-10-32(2)41-16-18-43-38-13-11-34-29-36(56-33(3)52)21-25-48(34,4)44(38)23-28-51(41,43)7/h31-32,34-45H,9-30H2,1-8H3/t31-,32-,34-,35-,36-,37-,38+,39+,40-,41-,42+,43+,44+,45+,48+,49+,50-,51-/m1/s1. The number of hydrogen-bond acceptors (Lipinski definition) is 6. The van der Waals surface area contributed by atoms with Crippen LogP contribution in [0.2, 0.25) is 0 Å². The highest BCUT2D eigenvalue weighted by atomic mass is 16.5. The number of ether oxygens (including phenoxy) is 3. The molecule has 0 amide bonds. The van der Waals surface area contributed by atoms with E-state index >= 15 is 0 Å². The van der Waals surface area contributed by atoms with E-state index in [-0.39, 0.29) is 30.1 Å². The Morgan fingerprint density at radius 3 is 1.40 bits per heavy atom. The van der Waals surface area contributed by atoms with Gasteiger partial charge in [0.2, 0.25) is 0 Å². The molecule has 0 aromatic rings. The van der Waals surface area contributed by atoms with Crippen LogP contribution >= 0.6 is 0 Å². The van der Waals surface area contributed by atoms with Crippen molar-refractivity contribution in [2.75, 3.05) is 7.11 Å². The van der Waals surface area contributed by atoms with Crippen LogP contribution in [0.25, 0.3) is 0 Å². The highest BCUT2D eigenvalue weighted by molar-refractivity contribution is 5.69. The predicted octanol–water partition coefficient (Wildman–Crippen LogP) is 12.2. The average Bonchev–Trinajstić information content (AvgIpc) is 3.73. The third-order valence-electron chi connectivity index (χ3n) is 21.2. The maximum atomic E-state index is 13.6. The molecule has 0 saturated heterocycles. The number of methoxy groups -OCH3 is 1. The molecule has 18 atom stereocenters. The Morgan fingerprint density at radius 2 is 0.947 bits per heavy atom. The van der Waals surface area contributed by atoms with E-state index in [9.17, 15) is 14.4 Å². The van der Waals surface area contributed by atoms with Crippen LogP contribution in [0.5, 0.6) is 0 Å². The second-order valence-corrected chi connectivity index (χ2v) is 23.3. The quantitative estimate of drug-likeness (QED) is 0.162. The summed E-state index contributed by atoms with van der Waals surface area (Å²) in [7, 11) is 1.51. The number of fused-ring (bicyclic) bond motifs is 10. The van der Waals surface area contributed by atoms with Gasteiger partial charge in [-0.05, 0) is 221 Å². The van der Waals surface area contributed by atoms with Crippen molar-refractivity contribution in [3.63, 3.8) is 0 Å². The van der Waals surface area contributed by atoms with Gasteiger partial charge in [0.1, 0.15) is 12.2 Å². The second kappa shape index (κ2) is 16.0. The van der Waals surface area contributed by atoms with E-state index in [0.29, 0.717) is 64.1 Å². The number of hydrogen-bond donors (Lipinski definition) is 0. The molecule has 0 bridgehead atoms. The first-order valence-electron chi connectivity index (χ1n) is 24.5. The normalized spacial score (nSPS) is 48.4. The Morgan fingerprint density at radius 1 is 0.526 bits per heavy atom. The van der Waals surface area contributed by atoms with E-state index in [0.717, 1.165) is 80.0 Å². The topological polar surface area (TPSA) is 78.9 Å². The Hall–Kier alpha value is -1.59. The number of carbonyl (C=O) groups is 3. The minimum atomic E-state index is -0.115. The van der Waals surface area contributed by atoms with Crippen molar-refractivity contribution in [2.24, 2.45) is 92.7 Å². The minimum Gasteiger partial charge on any atom is -0.469 e. The van der Waals surface area contributed by atoms with Crippen molar-refractivity contribution in [3.05, 3.63) is 0 Å². The van der Waals surface area contributed by atoms with Crippen molar-refractivity contribution in [2.45, 2.75) is 202 Å². The van der Waals surface area contributed by atoms with Gasteiger partial charge in [-0.2, -0.15) is 0 Å². The smallest absolute Gasteiger partial charge is 0.306 e. The van der Waals surface area contributed by atoms with Gasteiger partial charge in [-0.1, -0.05) is 41.5 Å². The molecule has 322 valence electrons. The number of esters is 3. The van der Waals surface area contributed by atoms with Gasteiger partial charge in [-0.15, -0.1) is 0 Å². The van der Waals surface area contributed by atoms with Gasteiger partial charge in [0.15, 0.2) is 0 Å². The Kier molecular flexibility index (Phi) is 11.8. The summed E-state index contributed by atoms with van der Waals surface area (Å²) < 4.78 is 17.1. The fourth-order valence-corrected chi connectivity index (χ4v) is 18.3. The third-order valence-corrected chi connectivity index (χ3v) is 21.2. The van der Waals surface area contributed by atoms with Gasteiger partial charge in [-0.3, -0.25) is 14.4 Å². The predicted molar refractivity (Wildman–Crippen MR) is 225 cm³/mol. The molecule has 8 aliphatic carbocycles. The molecule has 0 aliphatic heterocycles. The van der Waals surface area contributed by atoms with Crippen molar-refractivity contribution in [3.8, 4) is 0 Å². The number of carbonyl (C=O) groups excluding carboxylic acids is 3. The van der Waals surface area contributed by atoms with Crippen molar-refractivity contribution < 1.29 is 28.6 Å². The Labute approximate surface area is 347 Å². The summed E-state index contributed by atoms with van der Waals surface area (Å²) in [6.45, 7) is 16.9. The molecular formula is C51H82O6. The molecule has 0 aromatic carbocycles. The molecule has 0 radical (unpaired) electrons. The molecule has 6 heteroatoms. The zero-order valence-electron chi connectivity index (χ0n) is 37.6. The number of rotatable bonds is 10. The molecule has 0 aromatic heterocycles. The van der Waals surface area contributed by atoms with Crippen molar-refractivity contribution >= 4 is 17.9 Å². The molecule has 0 N–H and O–H groups in total.